The molecule has 0 saturated carbocycles. The van der Waals surface area contributed by atoms with Crippen LogP contribution in [0.4, 0.5) is 26.3 Å². The number of hydrogen-bond donors (Lipinski definition) is 0. The molecule has 0 radical (unpaired) electrons. The number of rotatable bonds is 5. The van der Waals surface area contributed by atoms with E-state index in [2.05, 4.69) is 101 Å². The van der Waals surface area contributed by atoms with Gasteiger partial charge in [-0.2, -0.15) is 26.3 Å². The molecule has 2 heterocycles. The second kappa shape index (κ2) is 14.9. The summed E-state index contributed by atoms with van der Waals surface area (Å²) in [7, 11) is -0.877. The van der Waals surface area contributed by atoms with Crippen molar-refractivity contribution in [3.63, 3.8) is 0 Å². The third kappa shape index (κ3) is 8.62. The number of benzene rings is 4. The SMILES string of the molecule is FC(F)(F)c1cc(C(F)(F)F)c(-c2cccc(-c3ccccc3)n2)[n-]1.[Au+].c1ccc([PH+](c2ccccc2)c2ccccc2)cc1. The molecule has 232 valence electrons. The molecular formula is C35H25AuF6N2P+. The van der Waals surface area contributed by atoms with Gasteiger partial charge in [-0.1, -0.05) is 108 Å². The summed E-state index contributed by atoms with van der Waals surface area (Å²) < 4.78 is 77.7. The second-order valence-corrected chi connectivity index (χ2v) is 12.1. The summed E-state index contributed by atoms with van der Waals surface area (Å²) >= 11 is 0. The summed E-state index contributed by atoms with van der Waals surface area (Å²) in [5.74, 6) is 0. The topological polar surface area (TPSA) is 27.0 Å². The van der Waals surface area contributed by atoms with Gasteiger partial charge in [0.05, 0.1) is 13.6 Å². The van der Waals surface area contributed by atoms with Crippen LogP contribution < -0.4 is 20.9 Å². The number of hydrogen-bond acceptors (Lipinski definition) is 1. The number of pyridine rings is 1. The molecule has 0 bridgehead atoms. The Kier molecular flexibility index (Phi) is 11.2. The maximum Gasteiger partial charge on any atom is 1.00 e. The zero-order valence-corrected chi connectivity index (χ0v) is 26.5. The average molecular weight is 816 g/mol. The van der Waals surface area contributed by atoms with Crippen molar-refractivity contribution in [3.8, 4) is 22.6 Å². The van der Waals surface area contributed by atoms with Crippen molar-refractivity contribution in [3.05, 3.63) is 157 Å². The van der Waals surface area contributed by atoms with Crippen LogP contribution in [-0.4, -0.2) is 4.98 Å². The van der Waals surface area contributed by atoms with E-state index in [1.54, 1.807) is 36.4 Å². The molecule has 6 rings (SSSR count). The van der Waals surface area contributed by atoms with Crippen LogP contribution in [0, 0.1) is 0 Å². The molecule has 2 nitrogen and oxygen atoms in total. The van der Waals surface area contributed by atoms with Gasteiger partial charge < -0.3 is 4.98 Å². The van der Waals surface area contributed by atoms with Gasteiger partial charge in [0.2, 0.25) is 0 Å². The summed E-state index contributed by atoms with van der Waals surface area (Å²) in [6.07, 6.45) is -9.95. The van der Waals surface area contributed by atoms with E-state index in [0.717, 1.165) is 0 Å². The van der Waals surface area contributed by atoms with Crippen molar-refractivity contribution in [1.29, 1.82) is 0 Å². The Balaban J connectivity index is 0.000000207. The first-order valence-electron chi connectivity index (χ1n) is 13.5. The van der Waals surface area contributed by atoms with E-state index in [1.807, 2.05) is 0 Å². The predicted molar refractivity (Wildman–Crippen MR) is 165 cm³/mol. The molecule has 0 fully saturated rings. The number of aromatic nitrogens is 2. The van der Waals surface area contributed by atoms with Gasteiger partial charge in [-0.05, 0) is 48.5 Å². The number of halogens is 6. The molecule has 0 aliphatic heterocycles. The van der Waals surface area contributed by atoms with Gasteiger partial charge in [0, 0.05) is 16.8 Å². The van der Waals surface area contributed by atoms with Crippen LogP contribution in [0.15, 0.2) is 146 Å². The third-order valence-electron chi connectivity index (χ3n) is 6.61. The number of nitrogens with zero attached hydrogens (tertiary/aromatic N) is 2. The molecule has 4 aromatic carbocycles. The van der Waals surface area contributed by atoms with Gasteiger partial charge in [-0.15, -0.1) is 0 Å². The van der Waals surface area contributed by atoms with Crippen molar-refractivity contribution in [2.45, 2.75) is 12.4 Å². The normalized spacial score (nSPS) is 11.4. The molecule has 0 amide bonds. The van der Waals surface area contributed by atoms with Crippen LogP contribution >= 0.6 is 7.92 Å². The van der Waals surface area contributed by atoms with Crippen LogP contribution in [-0.2, 0) is 34.7 Å². The molecule has 0 spiro atoms. The second-order valence-electron chi connectivity index (χ2n) is 9.65. The molecule has 6 aromatic rings. The molecule has 0 aliphatic carbocycles. The Bertz CT molecular complexity index is 1680. The smallest absolute Gasteiger partial charge is 0.652 e. The standard InChI is InChI=1S/C18H15P.C17H9F6N2.Au/c1-4-10-16(11-5-1)19(17-12-6-2-7-13-17)18-14-8-3-9-15-18;18-16(19,20)11-9-14(17(21,22)23)25-15(11)13-8-4-7-12(24-13)10-5-2-1-3-6-10;/h1-15H;1-9H;/q;-1;+1/p+1. The fourth-order valence-electron chi connectivity index (χ4n) is 4.63. The van der Waals surface area contributed by atoms with E-state index in [-0.39, 0.29) is 34.1 Å². The maximum absolute atomic E-state index is 13.1. The van der Waals surface area contributed by atoms with Crippen LogP contribution in [0.1, 0.15) is 11.3 Å². The largest absolute Gasteiger partial charge is 1.00 e. The molecule has 2 aromatic heterocycles. The molecule has 0 N–H and O–H groups in total. The Labute approximate surface area is 273 Å². The van der Waals surface area contributed by atoms with Gasteiger partial charge in [0.1, 0.15) is 15.9 Å². The Hall–Kier alpha value is -3.94. The summed E-state index contributed by atoms with van der Waals surface area (Å²) in [6, 6.07) is 45.2. The Morgan fingerprint density at radius 1 is 0.489 bits per heavy atom. The van der Waals surface area contributed by atoms with E-state index in [9.17, 15) is 26.3 Å². The zero-order valence-electron chi connectivity index (χ0n) is 23.3. The predicted octanol–water partition coefficient (Wildman–Crippen LogP) is 8.59. The van der Waals surface area contributed by atoms with Gasteiger partial charge in [-0.3, -0.25) is 0 Å². The summed E-state index contributed by atoms with van der Waals surface area (Å²) in [5.41, 5.74) is -3.20. The van der Waals surface area contributed by atoms with Gasteiger partial charge in [-0.25, -0.2) is 4.98 Å². The van der Waals surface area contributed by atoms with E-state index in [0.29, 0.717) is 11.3 Å². The molecule has 10 heteroatoms. The molecule has 0 atom stereocenters. The molecule has 0 unspecified atom stereocenters. The van der Waals surface area contributed by atoms with Gasteiger partial charge in [0.25, 0.3) is 0 Å². The van der Waals surface area contributed by atoms with Gasteiger partial charge >= 0.3 is 34.7 Å². The Morgan fingerprint density at radius 3 is 1.33 bits per heavy atom. The van der Waals surface area contributed by atoms with Crippen molar-refractivity contribution in [2.24, 2.45) is 0 Å². The first-order chi connectivity index (χ1) is 21.1. The van der Waals surface area contributed by atoms with Crippen LogP contribution in [0.2, 0.25) is 0 Å². The Morgan fingerprint density at radius 2 is 0.911 bits per heavy atom. The van der Waals surface area contributed by atoms with Crippen LogP contribution in [0.5, 0.6) is 0 Å². The monoisotopic (exact) mass is 815 g/mol. The van der Waals surface area contributed by atoms with Crippen molar-refractivity contribution < 1.29 is 48.7 Å². The van der Waals surface area contributed by atoms with Crippen molar-refractivity contribution in [1.82, 2.24) is 9.97 Å². The van der Waals surface area contributed by atoms with E-state index in [1.165, 1.54) is 28.0 Å². The van der Waals surface area contributed by atoms with Crippen molar-refractivity contribution >= 4 is 23.8 Å². The van der Waals surface area contributed by atoms with E-state index in [4.69, 9.17) is 0 Å². The third-order valence-corrected chi connectivity index (χ3v) is 9.34. The minimum absolute atomic E-state index is 0. The minimum Gasteiger partial charge on any atom is -0.652 e. The molecule has 0 saturated heterocycles. The summed E-state index contributed by atoms with van der Waals surface area (Å²) in [6.45, 7) is 0. The first kappa shape index (κ1) is 33.9. The number of alkyl halides is 6. The van der Waals surface area contributed by atoms with E-state index < -0.39 is 37.2 Å². The fraction of sp³-hybridized carbons (Fsp3) is 0.0571. The fourth-order valence-corrected chi connectivity index (χ4v) is 7.20. The van der Waals surface area contributed by atoms with E-state index >= 15 is 0 Å². The molecule has 0 aliphatic rings. The first-order valence-corrected chi connectivity index (χ1v) is 15.0. The average Bonchev–Trinajstić information content (AvgIpc) is 3.52. The molecular weight excluding hydrogens is 790 g/mol. The summed E-state index contributed by atoms with van der Waals surface area (Å²) in [5, 5.41) is 4.31. The van der Waals surface area contributed by atoms with Gasteiger partial charge in [0.15, 0.2) is 0 Å². The zero-order chi connectivity index (χ0) is 31.2. The quantitative estimate of drug-likeness (QED) is 0.0992. The minimum atomic E-state index is -4.98. The maximum atomic E-state index is 13.1. The van der Waals surface area contributed by atoms with Crippen LogP contribution in [0.3, 0.4) is 0 Å². The summed E-state index contributed by atoms with van der Waals surface area (Å²) in [4.78, 5) is 7.20. The van der Waals surface area contributed by atoms with Crippen LogP contribution in [0.25, 0.3) is 22.6 Å². The molecule has 45 heavy (non-hydrogen) atoms. The van der Waals surface area contributed by atoms with Crippen molar-refractivity contribution in [2.75, 3.05) is 0 Å².